The second-order valence-electron chi connectivity index (χ2n) is 4.51. The predicted octanol–water partition coefficient (Wildman–Crippen LogP) is 4.25. The molecule has 0 aliphatic heterocycles. The lowest BCUT2D eigenvalue weighted by Gasteiger charge is -2.12. The standard InChI is InChI=1S/C15H12BrClFN3O2/c1-19-14(22)12-3-2-10(18)7-13(12)21-15(23)20-11-5-8(16)4-9(17)6-11/h2-7H,1H3,(H,19,22)(H2,20,21,23). The zero-order chi connectivity index (χ0) is 17.0. The number of carbonyl (C=O) groups is 2. The molecule has 0 spiro atoms. The summed E-state index contributed by atoms with van der Waals surface area (Å²) in [6, 6.07) is 7.74. The predicted molar refractivity (Wildman–Crippen MR) is 91.6 cm³/mol. The molecule has 8 heteroatoms. The molecule has 3 amide bonds. The number of amides is 3. The Morgan fingerprint density at radius 3 is 2.52 bits per heavy atom. The highest BCUT2D eigenvalue weighted by Gasteiger charge is 2.13. The average molecular weight is 401 g/mol. The monoisotopic (exact) mass is 399 g/mol. The van der Waals surface area contributed by atoms with Gasteiger partial charge in [-0.15, -0.1) is 0 Å². The van der Waals surface area contributed by atoms with Crippen molar-refractivity contribution in [3.05, 3.63) is 57.3 Å². The fourth-order valence-electron chi connectivity index (χ4n) is 1.86. The largest absolute Gasteiger partial charge is 0.355 e. The van der Waals surface area contributed by atoms with E-state index < -0.39 is 17.8 Å². The minimum atomic E-state index is -0.630. The first-order valence-electron chi connectivity index (χ1n) is 6.45. The van der Waals surface area contributed by atoms with Crippen molar-refractivity contribution in [1.82, 2.24) is 5.32 Å². The molecule has 0 unspecified atom stereocenters. The summed E-state index contributed by atoms with van der Waals surface area (Å²) in [5.74, 6) is -1.01. The summed E-state index contributed by atoms with van der Waals surface area (Å²) in [6.07, 6.45) is 0. The third-order valence-electron chi connectivity index (χ3n) is 2.82. The molecule has 0 saturated carbocycles. The molecule has 0 atom stereocenters. The molecular weight excluding hydrogens is 389 g/mol. The first kappa shape index (κ1) is 17.2. The molecule has 0 heterocycles. The fourth-order valence-corrected chi connectivity index (χ4v) is 2.72. The van der Waals surface area contributed by atoms with E-state index in [1.165, 1.54) is 13.1 Å². The Kier molecular flexibility index (Phi) is 5.57. The van der Waals surface area contributed by atoms with Gasteiger partial charge in [0.25, 0.3) is 5.91 Å². The number of hydrogen-bond acceptors (Lipinski definition) is 2. The van der Waals surface area contributed by atoms with Crippen LogP contribution in [0.5, 0.6) is 0 Å². The maximum atomic E-state index is 13.4. The maximum absolute atomic E-state index is 13.4. The molecular formula is C15H12BrClFN3O2. The zero-order valence-electron chi connectivity index (χ0n) is 11.9. The summed E-state index contributed by atoms with van der Waals surface area (Å²) in [5.41, 5.74) is 0.652. The maximum Gasteiger partial charge on any atom is 0.323 e. The Hall–Kier alpha value is -2.12. The quantitative estimate of drug-likeness (QED) is 0.721. The first-order chi connectivity index (χ1) is 10.9. The number of carbonyl (C=O) groups excluding carboxylic acids is 2. The smallest absolute Gasteiger partial charge is 0.323 e. The van der Waals surface area contributed by atoms with Gasteiger partial charge in [0.15, 0.2) is 0 Å². The van der Waals surface area contributed by atoms with Gasteiger partial charge in [-0.25, -0.2) is 9.18 Å². The molecule has 0 fully saturated rings. The lowest BCUT2D eigenvalue weighted by molar-refractivity contribution is 0.0964. The lowest BCUT2D eigenvalue weighted by Crippen LogP contribution is -2.24. The van der Waals surface area contributed by atoms with Crippen LogP contribution >= 0.6 is 27.5 Å². The molecule has 0 aromatic heterocycles. The van der Waals surface area contributed by atoms with Crippen LogP contribution in [-0.4, -0.2) is 19.0 Å². The zero-order valence-corrected chi connectivity index (χ0v) is 14.3. The number of nitrogens with one attached hydrogen (secondary N) is 3. The summed E-state index contributed by atoms with van der Waals surface area (Å²) in [6.45, 7) is 0. The van der Waals surface area contributed by atoms with Crippen molar-refractivity contribution in [1.29, 1.82) is 0 Å². The number of anilines is 2. The molecule has 2 rings (SSSR count). The van der Waals surface area contributed by atoms with Crippen LogP contribution in [0.15, 0.2) is 40.9 Å². The van der Waals surface area contributed by atoms with Crippen LogP contribution in [0.3, 0.4) is 0 Å². The first-order valence-corrected chi connectivity index (χ1v) is 7.62. The lowest BCUT2D eigenvalue weighted by atomic mass is 10.1. The Bertz CT molecular complexity index is 750. The van der Waals surface area contributed by atoms with E-state index in [0.717, 1.165) is 12.1 Å². The topological polar surface area (TPSA) is 70.2 Å². The molecule has 3 N–H and O–H groups in total. The van der Waals surface area contributed by atoms with Gasteiger partial charge in [-0.05, 0) is 36.4 Å². The van der Waals surface area contributed by atoms with Gasteiger partial charge in [-0.1, -0.05) is 27.5 Å². The average Bonchev–Trinajstić information content (AvgIpc) is 2.45. The number of benzene rings is 2. The van der Waals surface area contributed by atoms with E-state index in [1.807, 2.05) is 0 Å². The van der Waals surface area contributed by atoms with Crippen LogP contribution in [0, 0.1) is 5.82 Å². The Morgan fingerprint density at radius 1 is 1.13 bits per heavy atom. The summed E-state index contributed by atoms with van der Waals surface area (Å²) in [4.78, 5) is 23.8. The molecule has 0 radical (unpaired) electrons. The summed E-state index contributed by atoms with van der Waals surface area (Å²) in [7, 11) is 1.44. The highest BCUT2D eigenvalue weighted by Crippen LogP contribution is 2.23. The molecule has 0 bridgehead atoms. The van der Waals surface area contributed by atoms with Gasteiger partial charge in [0.05, 0.1) is 11.3 Å². The van der Waals surface area contributed by atoms with Crippen molar-refractivity contribution in [2.24, 2.45) is 0 Å². The van der Waals surface area contributed by atoms with E-state index in [1.54, 1.807) is 18.2 Å². The fraction of sp³-hybridized carbons (Fsp3) is 0.0667. The van der Waals surface area contributed by atoms with Crippen molar-refractivity contribution >= 4 is 50.8 Å². The van der Waals surface area contributed by atoms with Crippen molar-refractivity contribution in [3.8, 4) is 0 Å². The highest BCUT2D eigenvalue weighted by atomic mass is 79.9. The third-order valence-corrected chi connectivity index (χ3v) is 3.50. The second-order valence-corrected chi connectivity index (χ2v) is 5.86. The van der Waals surface area contributed by atoms with Crippen molar-refractivity contribution in [2.75, 3.05) is 17.7 Å². The number of halogens is 3. The van der Waals surface area contributed by atoms with Crippen LogP contribution in [0.1, 0.15) is 10.4 Å². The van der Waals surface area contributed by atoms with Crippen LogP contribution < -0.4 is 16.0 Å². The second kappa shape index (κ2) is 7.43. The molecule has 0 saturated heterocycles. The Balaban J connectivity index is 2.19. The molecule has 2 aromatic carbocycles. The molecule has 0 aliphatic carbocycles. The number of hydrogen-bond donors (Lipinski definition) is 3. The van der Waals surface area contributed by atoms with E-state index in [0.29, 0.717) is 15.2 Å². The third kappa shape index (κ3) is 4.67. The van der Waals surface area contributed by atoms with Gasteiger partial charge >= 0.3 is 6.03 Å². The SMILES string of the molecule is CNC(=O)c1ccc(F)cc1NC(=O)Nc1cc(Cl)cc(Br)c1. The van der Waals surface area contributed by atoms with E-state index in [9.17, 15) is 14.0 Å². The van der Waals surface area contributed by atoms with Crippen LogP contribution in [-0.2, 0) is 0 Å². The summed E-state index contributed by atoms with van der Waals surface area (Å²) >= 11 is 9.16. The van der Waals surface area contributed by atoms with E-state index >= 15 is 0 Å². The van der Waals surface area contributed by atoms with E-state index in [4.69, 9.17) is 11.6 Å². The highest BCUT2D eigenvalue weighted by molar-refractivity contribution is 9.10. The minimum Gasteiger partial charge on any atom is -0.355 e. The molecule has 0 aliphatic rings. The van der Waals surface area contributed by atoms with Crippen molar-refractivity contribution in [2.45, 2.75) is 0 Å². The van der Waals surface area contributed by atoms with Gasteiger partial charge in [-0.3, -0.25) is 4.79 Å². The van der Waals surface area contributed by atoms with Gasteiger partial charge in [0.1, 0.15) is 5.82 Å². The normalized spacial score (nSPS) is 10.1. The van der Waals surface area contributed by atoms with Gasteiger partial charge < -0.3 is 16.0 Å². The Labute approximate surface area is 145 Å². The Morgan fingerprint density at radius 2 is 1.87 bits per heavy atom. The minimum absolute atomic E-state index is 0.0583. The van der Waals surface area contributed by atoms with Crippen molar-refractivity contribution < 1.29 is 14.0 Å². The molecule has 120 valence electrons. The molecule has 23 heavy (non-hydrogen) atoms. The summed E-state index contributed by atoms with van der Waals surface area (Å²) in [5, 5.41) is 7.86. The summed E-state index contributed by atoms with van der Waals surface area (Å²) < 4.78 is 14.1. The van der Waals surface area contributed by atoms with Gasteiger partial charge in [0.2, 0.25) is 0 Å². The van der Waals surface area contributed by atoms with Crippen LogP contribution in [0.4, 0.5) is 20.6 Å². The van der Waals surface area contributed by atoms with Gasteiger partial charge in [-0.2, -0.15) is 0 Å². The number of rotatable bonds is 3. The molecule has 5 nitrogen and oxygen atoms in total. The van der Waals surface area contributed by atoms with E-state index in [-0.39, 0.29) is 11.3 Å². The number of urea groups is 1. The van der Waals surface area contributed by atoms with E-state index in [2.05, 4.69) is 31.9 Å². The molecule has 2 aromatic rings. The van der Waals surface area contributed by atoms with Crippen LogP contribution in [0.2, 0.25) is 5.02 Å². The van der Waals surface area contributed by atoms with Crippen molar-refractivity contribution in [3.63, 3.8) is 0 Å². The van der Waals surface area contributed by atoms with Crippen LogP contribution in [0.25, 0.3) is 0 Å². The van der Waals surface area contributed by atoms with Gasteiger partial charge in [0, 0.05) is 22.2 Å².